The lowest BCUT2D eigenvalue weighted by Gasteiger charge is -2.06. The lowest BCUT2D eigenvalue weighted by molar-refractivity contribution is 0.0929. The predicted molar refractivity (Wildman–Crippen MR) is 92.4 cm³/mol. The van der Waals surface area contributed by atoms with E-state index in [0.717, 1.165) is 15.6 Å². The maximum Gasteiger partial charge on any atom is 0.200 e. The Morgan fingerprint density at radius 1 is 1.14 bits per heavy atom. The zero-order valence-electron chi connectivity index (χ0n) is 12.9. The minimum Gasteiger partial charge on any atom is -0.338 e. The number of ketones is 1. The summed E-state index contributed by atoms with van der Waals surface area (Å²) < 4.78 is 0. The van der Waals surface area contributed by atoms with Crippen LogP contribution in [0.15, 0.2) is 28.1 Å². The maximum absolute atomic E-state index is 12.1. The number of imidazole rings is 1. The van der Waals surface area contributed by atoms with Crippen molar-refractivity contribution in [3.63, 3.8) is 0 Å². The van der Waals surface area contributed by atoms with E-state index in [0.29, 0.717) is 15.9 Å². The summed E-state index contributed by atoms with van der Waals surface area (Å²) in [5.41, 5.74) is 0.949. The van der Waals surface area contributed by atoms with Gasteiger partial charge < -0.3 is 4.98 Å². The average molecular weight is 357 g/mol. The second-order valence-corrected chi connectivity index (χ2v) is 7.62. The van der Waals surface area contributed by atoms with Crippen molar-refractivity contribution in [2.45, 2.75) is 43.5 Å². The summed E-state index contributed by atoms with van der Waals surface area (Å²) in [6, 6.07) is 5.36. The van der Waals surface area contributed by atoms with Crippen LogP contribution in [0.5, 0.6) is 0 Å². The van der Waals surface area contributed by atoms with E-state index in [-0.39, 0.29) is 17.6 Å². The van der Waals surface area contributed by atoms with Gasteiger partial charge in [0.2, 0.25) is 5.78 Å². The Balaban J connectivity index is 2.38. The minimum absolute atomic E-state index is 0.0119. The summed E-state index contributed by atoms with van der Waals surface area (Å²) in [5, 5.41) is 1.95. The van der Waals surface area contributed by atoms with Gasteiger partial charge in [-0.25, -0.2) is 4.98 Å². The fourth-order valence-corrected chi connectivity index (χ4v) is 3.71. The van der Waals surface area contributed by atoms with Crippen LogP contribution in [0.3, 0.4) is 0 Å². The highest BCUT2D eigenvalue weighted by molar-refractivity contribution is 7.99. The van der Waals surface area contributed by atoms with Gasteiger partial charge in [-0.15, -0.1) is 0 Å². The van der Waals surface area contributed by atoms with E-state index < -0.39 is 0 Å². The SMILES string of the molecule is CC(C)C(=O)c1nc(Sc2cc(Cl)cc(Cl)c2)c(C(C)C)[nH]1. The first-order valence-corrected chi connectivity index (χ1v) is 8.63. The van der Waals surface area contributed by atoms with E-state index in [9.17, 15) is 4.79 Å². The van der Waals surface area contributed by atoms with Crippen molar-refractivity contribution in [1.29, 1.82) is 0 Å². The van der Waals surface area contributed by atoms with Crippen molar-refractivity contribution in [2.75, 3.05) is 0 Å². The Hall–Kier alpha value is -0.970. The average Bonchev–Trinajstić information content (AvgIpc) is 2.80. The predicted octanol–water partition coefficient (Wildman–Crippen LogP) is 5.83. The molecule has 0 aliphatic heterocycles. The number of hydrogen-bond acceptors (Lipinski definition) is 3. The fraction of sp³-hybridized carbons (Fsp3) is 0.375. The number of nitrogens with one attached hydrogen (secondary N) is 1. The number of aromatic amines is 1. The van der Waals surface area contributed by atoms with Crippen LogP contribution in [0.2, 0.25) is 10.0 Å². The van der Waals surface area contributed by atoms with Gasteiger partial charge in [-0.3, -0.25) is 4.79 Å². The highest BCUT2D eigenvalue weighted by Gasteiger charge is 2.20. The third-order valence-corrected chi connectivity index (χ3v) is 4.49. The molecule has 0 radical (unpaired) electrons. The molecule has 6 heteroatoms. The van der Waals surface area contributed by atoms with E-state index in [1.54, 1.807) is 6.07 Å². The van der Waals surface area contributed by atoms with E-state index in [2.05, 4.69) is 23.8 Å². The molecular formula is C16H18Cl2N2OS. The van der Waals surface area contributed by atoms with Gasteiger partial charge in [-0.05, 0) is 24.1 Å². The van der Waals surface area contributed by atoms with E-state index in [1.807, 2.05) is 26.0 Å². The van der Waals surface area contributed by atoms with Crippen LogP contribution in [0.1, 0.15) is 49.9 Å². The number of carbonyl (C=O) groups excluding carboxylic acids is 1. The number of rotatable bonds is 5. The van der Waals surface area contributed by atoms with Crippen LogP contribution >= 0.6 is 35.0 Å². The zero-order chi connectivity index (χ0) is 16.4. The zero-order valence-corrected chi connectivity index (χ0v) is 15.2. The van der Waals surface area contributed by atoms with Crippen molar-refractivity contribution in [2.24, 2.45) is 5.92 Å². The number of Topliss-reactive ketones (excluding diaryl/α,β-unsaturated/α-hetero) is 1. The summed E-state index contributed by atoms with van der Waals surface area (Å²) in [4.78, 5) is 20.7. The molecule has 2 aromatic rings. The quantitative estimate of drug-likeness (QED) is 0.685. The van der Waals surface area contributed by atoms with Gasteiger partial charge in [-0.1, -0.05) is 62.7 Å². The second kappa shape index (κ2) is 7.07. The number of carbonyl (C=O) groups is 1. The molecular weight excluding hydrogens is 339 g/mol. The molecule has 1 heterocycles. The van der Waals surface area contributed by atoms with Gasteiger partial charge in [0.1, 0.15) is 5.03 Å². The molecule has 0 saturated heterocycles. The van der Waals surface area contributed by atoms with Crippen molar-refractivity contribution in [3.8, 4) is 0 Å². The van der Waals surface area contributed by atoms with Crippen molar-refractivity contribution >= 4 is 40.7 Å². The van der Waals surface area contributed by atoms with E-state index in [1.165, 1.54) is 11.8 Å². The van der Waals surface area contributed by atoms with Crippen LogP contribution < -0.4 is 0 Å². The highest BCUT2D eigenvalue weighted by atomic mass is 35.5. The molecule has 0 fully saturated rings. The Kier molecular flexibility index (Phi) is 5.59. The topological polar surface area (TPSA) is 45.8 Å². The standard InChI is InChI=1S/C16H18Cl2N2OS/c1-8(2)13-16(20-15(19-13)14(21)9(3)4)22-12-6-10(17)5-11(18)7-12/h5-9H,1-4H3,(H,19,20). The number of hydrogen-bond donors (Lipinski definition) is 1. The second-order valence-electron chi connectivity index (χ2n) is 5.69. The molecule has 0 aliphatic carbocycles. The summed E-state index contributed by atoms with van der Waals surface area (Å²) in [6.07, 6.45) is 0. The first kappa shape index (κ1) is 17.4. The van der Waals surface area contributed by atoms with Crippen LogP contribution in [-0.4, -0.2) is 15.8 Å². The molecule has 0 amide bonds. The number of benzene rings is 1. The summed E-state index contributed by atoms with van der Waals surface area (Å²) in [6.45, 7) is 7.85. The molecule has 0 spiro atoms. The lowest BCUT2D eigenvalue weighted by Crippen LogP contribution is -2.09. The van der Waals surface area contributed by atoms with Gasteiger partial charge in [0.05, 0.1) is 5.69 Å². The lowest BCUT2D eigenvalue weighted by atomic mass is 10.1. The fourth-order valence-electron chi connectivity index (χ4n) is 1.93. The molecule has 0 bridgehead atoms. The highest BCUT2D eigenvalue weighted by Crippen LogP contribution is 2.35. The minimum atomic E-state index is -0.0929. The van der Waals surface area contributed by atoms with Crippen LogP contribution in [0, 0.1) is 5.92 Å². The van der Waals surface area contributed by atoms with Gasteiger partial charge in [0, 0.05) is 20.9 Å². The normalized spacial score (nSPS) is 11.5. The van der Waals surface area contributed by atoms with Gasteiger partial charge >= 0.3 is 0 Å². The molecule has 0 saturated carbocycles. The molecule has 0 aliphatic rings. The number of H-pyrrole nitrogens is 1. The summed E-state index contributed by atoms with van der Waals surface area (Å²) in [7, 11) is 0. The number of halogens is 2. The maximum atomic E-state index is 12.1. The smallest absolute Gasteiger partial charge is 0.200 e. The molecule has 0 unspecified atom stereocenters. The van der Waals surface area contributed by atoms with Crippen molar-refractivity contribution in [1.82, 2.24) is 9.97 Å². The Morgan fingerprint density at radius 2 is 1.73 bits per heavy atom. The Morgan fingerprint density at radius 3 is 2.23 bits per heavy atom. The van der Waals surface area contributed by atoms with Crippen molar-refractivity contribution < 1.29 is 4.79 Å². The molecule has 1 aromatic carbocycles. The molecule has 3 nitrogen and oxygen atoms in total. The molecule has 1 aromatic heterocycles. The molecule has 118 valence electrons. The number of aromatic nitrogens is 2. The van der Waals surface area contributed by atoms with Crippen LogP contribution in [0.25, 0.3) is 0 Å². The van der Waals surface area contributed by atoms with E-state index >= 15 is 0 Å². The summed E-state index contributed by atoms with van der Waals surface area (Å²) in [5.74, 6) is 0.565. The summed E-state index contributed by atoms with van der Waals surface area (Å²) >= 11 is 13.5. The third kappa shape index (κ3) is 4.06. The van der Waals surface area contributed by atoms with Gasteiger partial charge in [0.15, 0.2) is 5.82 Å². The van der Waals surface area contributed by atoms with Crippen LogP contribution in [-0.2, 0) is 0 Å². The molecule has 2 rings (SSSR count). The molecule has 0 atom stereocenters. The Labute approximate surface area is 144 Å². The molecule has 22 heavy (non-hydrogen) atoms. The Bertz CT molecular complexity index is 675. The first-order valence-electron chi connectivity index (χ1n) is 7.06. The third-order valence-electron chi connectivity index (χ3n) is 3.08. The monoisotopic (exact) mass is 356 g/mol. The van der Waals surface area contributed by atoms with Gasteiger partial charge in [-0.2, -0.15) is 0 Å². The van der Waals surface area contributed by atoms with E-state index in [4.69, 9.17) is 23.2 Å². The molecule has 1 N–H and O–H groups in total. The van der Waals surface area contributed by atoms with Gasteiger partial charge in [0.25, 0.3) is 0 Å². The van der Waals surface area contributed by atoms with Crippen LogP contribution in [0.4, 0.5) is 0 Å². The first-order chi connectivity index (χ1) is 10.3. The number of nitrogens with zero attached hydrogens (tertiary/aromatic N) is 1. The largest absolute Gasteiger partial charge is 0.338 e. The van der Waals surface area contributed by atoms with Crippen molar-refractivity contribution in [3.05, 3.63) is 39.8 Å².